The molecule has 0 aliphatic carbocycles. The van der Waals surface area contributed by atoms with Gasteiger partial charge in [0, 0.05) is 21.6 Å². The highest BCUT2D eigenvalue weighted by atomic mass is 32.2. The van der Waals surface area contributed by atoms with Crippen LogP contribution in [0.1, 0.15) is 30.4 Å². The van der Waals surface area contributed by atoms with Crippen molar-refractivity contribution in [1.29, 1.82) is 0 Å². The second kappa shape index (κ2) is 6.32. The minimum Gasteiger partial charge on any atom is -0.488 e. The Bertz CT molecular complexity index is 751. The lowest BCUT2D eigenvalue weighted by atomic mass is 10.00. The maximum atomic E-state index is 12.2. The molecule has 3 atom stereocenters. The Morgan fingerprint density at radius 1 is 1.00 bits per heavy atom. The Morgan fingerprint density at radius 2 is 1.78 bits per heavy atom. The Labute approximate surface area is 139 Å². The molecule has 1 fully saturated rings. The largest absolute Gasteiger partial charge is 0.488 e. The van der Waals surface area contributed by atoms with Gasteiger partial charge in [-0.15, -0.1) is 0 Å². The molecule has 4 rings (SSSR count). The Morgan fingerprint density at radius 3 is 2.61 bits per heavy atom. The van der Waals surface area contributed by atoms with E-state index in [1.165, 1.54) is 11.1 Å². The average molecular weight is 324 g/mol. The smallest absolute Gasteiger partial charge is 0.127 e. The van der Waals surface area contributed by atoms with E-state index in [-0.39, 0.29) is 5.25 Å². The van der Waals surface area contributed by atoms with Gasteiger partial charge in [-0.1, -0.05) is 54.6 Å². The quantitative estimate of drug-likeness (QED) is 0.836. The summed E-state index contributed by atoms with van der Waals surface area (Å²) in [5.41, 5.74) is 3.64. The molecule has 118 valence electrons. The van der Waals surface area contributed by atoms with Crippen molar-refractivity contribution in [2.45, 2.75) is 36.4 Å². The first-order chi connectivity index (χ1) is 11.3. The fourth-order valence-electron chi connectivity index (χ4n) is 3.49. The molecule has 0 N–H and O–H groups in total. The van der Waals surface area contributed by atoms with Gasteiger partial charge in [0.15, 0.2) is 0 Å². The lowest BCUT2D eigenvalue weighted by molar-refractivity contribution is 0.305. The standard InChI is InChI=1S/C20H20O2S/c21-23-17-10-11-18(23)13-16(12-17)19-8-4-5-9-20(19)22-14-15-6-2-1-3-7-15/h1-9,12,17-18H,10-11,13-14H2. The normalized spacial score (nSPS) is 25.9. The van der Waals surface area contributed by atoms with Crippen LogP contribution in [0, 0.1) is 0 Å². The molecule has 0 radical (unpaired) electrons. The molecule has 2 aromatic rings. The minimum atomic E-state index is -0.670. The lowest BCUT2D eigenvalue weighted by Gasteiger charge is -2.21. The van der Waals surface area contributed by atoms with E-state index in [9.17, 15) is 4.21 Å². The fraction of sp³-hybridized carbons (Fsp3) is 0.300. The predicted molar refractivity (Wildman–Crippen MR) is 94.8 cm³/mol. The SMILES string of the molecule is O=S1C2C=C(c3ccccc3OCc3ccccc3)CC1CC2. The van der Waals surface area contributed by atoms with Gasteiger partial charge < -0.3 is 4.74 Å². The summed E-state index contributed by atoms with van der Waals surface area (Å²) in [5.74, 6) is 0.926. The van der Waals surface area contributed by atoms with Gasteiger partial charge in [0.25, 0.3) is 0 Å². The van der Waals surface area contributed by atoms with Gasteiger partial charge >= 0.3 is 0 Å². The third-order valence-electron chi connectivity index (χ3n) is 4.70. The predicted octanol–water partition coefficient (Wildman–Crippen LogP) is 4.33. The van der Waals surface area contributed by atoms with Gasteiger partial charge in [0.05, 0.1) is 5.25 Å². The summed E-state index contributed by atoms with van der Waals surface area (Å²) in [6.07, 6.45) is 5.29. The molecular formula is C20H20O2S. The number of para-hydroxylation sites is 1. The van der Waals surface area contributed by atoms with E-state index < -0.39 is 10.8 Å². The second-order valence-corrected chi connectivity index (χ2v) is 8.16. The van der Waals surface area contributed by atoms with Crippen molar-refractivity contribution in [3.63, 3.8) is 0 Å². The Kier molecular flexibility index (Phi) is 4.04. The molecule has 0 aromatic heterocycles. The van der Waals surface area contributed by atoms with Gasteiger partial charge in [0.2, 0.25) is 0 Å². The van der Waals surface area contributed by atoms with Crippen LogP contribution in [0.3, 0.4) is 0 Å². The lowest BCUT2D eigenvalue weighted by Crippen LogP contribution is -2.20. The number of rotatable bonds is 4. The van der Waals surface area contributed by atoms with Gasteiger partial charge in [-0.2, -0.15) is 0 Å². The molecular weight excluding hydrogens is 304 g/mol. The van der Waals surface area contributed by atoms with Crippen LogP contribution < -0.4 is 4.74 Å². The van der Waals surface area contributed by atoms with Gasteiger partial charge in [-0.25, -0.2) is 0 Å². The third kappa shape index (κ3) is 2.98. The summed E-state index contributed by atoms with van der Waals surface area (Å²) < 4.78 is 18.3. The van der Waals surface area contributed by atoms with Crippen molar-refractivity contribution in [2.75, 3.05) is 0 Å². The average Bonchev–Trinajstić information content (AvgIpc) is 2.82. The summed E-state index contributed by atoms with van der Waals surface area (Å²) >= 11 is 0. The van der Waals surface area contributed by atoms with E-state index in [4.69, 9.17) is 4.74 Å². The van der Waals surface area contributed by atoms with Crippen molar-refractivity contribution >= 4 is 16.4 Å². The van der Waals surface area contributed by atoms with Crippen LogP contribution in [0.5, 0.6) is 5.75 Å². The summed E-state index contributed by atoms with van der Waals surface area (Å²) in [4.78, 5) is 0. The molecule has 2 bridgehead atoms. The summed E-state index contributed by atoms with van der Waals surface area (Å²) in [7, 11) is -0.670. The van der Waals surface area contributed by atoms with Crippen LogP contribution in [0.2, 0.25) is 0 Å². The van der Waals surface area contributed by atoms with Gasteiger partial charge in [0.1, 0.15) is 12.4 Å². The van der Waals surface area contributed by atoms with E-state index in [1.807, 2.05) is 30.3 Å². The van der Waals surface area contributed by atoms with Crippen LogP contribution >= 0.6 is 0 Å². The van der Waals surface area contributed by atoms with Crippen LogP contribution in [0.25, 0.3) is 5.57 Å². The van der Waals surface area contributed by atoms with E-state index in [1.54, 1.807) is 0 Å². The van der Waals surface area contributed by atoms with Crippen LogP contribution in [0.4, 0.5) is 0 Å². The number of fused-ring (bicyclic) bond motifs is 2. The zero-order valence-corrected chi connectivity index (χ0v) is 13.8. The second-order valence-electron chi connectivity index (χ2n) is 6.23. The number of allylic oxidation sites excluding steroid dienone is 1. The molecule has 2 nitrogen and oxygen atoms in total. The zero-order valence-electron chi connectivity index (χ0n) is 13.0. The Hall–Kier alpha value is -1.87. The molecule has 1 saturated heterocycles. The van der Waals surface area contributed by atoms with Crippen LogP contribution in [-0.2, 0) is 17.4 Å². The van der Waals surface area contributed by atoms with E-state index in [2.05, 4.69) is 30.3 Å². The number of benzene rings is 2. The van der Waals surface area contributed by atoms with E-state index >= 15 is 0 Å². The number of ether oxygens (including phenoxy) is 1. The molecule has 23 heavy (non-hydrogen) atoms. The molecule has 3 heteroatoms. The minimum absolute atomic E-state index is 0.242. The molecule has 0 saturated carbocycles. The highest BCUT2D eigenvalue weighted by Crippen LogP contribution is 2.40. The first-order valence-electron chi connectivity index (χ1n) is 8.17. The van der Waals surface area contributed by atoms with E-state index in [0.29, 0.717) is 11.9 Å². The number of hydrogen-bond donors (Lipinski definition) is 0. The van der Waals surface area contributed by atoms with Crippen LogP contribution in [-0.4, -0.2) is 14.7 Å². The van der Waals surface area contributed by atoms with Crippen LogP contribution in [0.15, 0.2) is 60.7 Å². The molecule has 2 aliphatic heterocycles. The topological polar surface area (TPSA) is 26.3 Å². The maximum Gasteiger partial charge on any atom is 0.127 e. The summed E-state index contributed by atoms with van der Waals surface area (Å²) in [6, 6.07) is 18.5. The highest BCUT2D eigenvalue weighted by molar-refractivity contribution is 7.86. The first kappa shape index (κ1) is 14.7. The molecule has 2 aromatic carbocycles. The molecule has 0 spiro atoms. The maximum absolute atomic E-state index is 12.2. The summed E-state index contributed by atoms with van der Waals surface area (Å²) in [6.45, 7) is 0.573. The van der Waals surface area contributed by atoms with Gasteiger partial charge in [-0.3, -0.25) is 4.21 Å². The molecule has 2 heterocycles. The number of hydrogen-bond acceptors (Lipinski definition) is 2. The molecule has 0 amide bonds. The van der Waals surface area contributed by atoms with Crippen molar-refractivity contribution < 1.29 is 8.95 Å². The summed E-state index contributed by atoms with van der Waals surface area (Å²) in [5, 5.41) is 0.577. The Balaban J connectivity index is 1.58. The van der Waals surface area contributed by atoms with Crippen molar-refractivity contribution in [3.8, 4) is 5.75 Å². The highest BCUT2D eigenvalue weighted by Gasteiger charge is 2.36. The van der Waals surface area contributed by atoms with E-state index in [0.717, 1.165) is 30.6 Å². The zero-order chi connectivity index (χ0) is 15.6. The fourth-order valence-corrected chi connectivity index (χ4v) is 5.37. The molecule has 2 aliphatic rings. The first-order valence-corrected chi connectivity index (χ1v) is 9.45. The third-order valence-corrected chi connectivity index (χ3v) is 6.73. The van der Waals surface area contributed by atoms with Crippen molar-refractivity contribution in [3.05, 3.63) is 71.8 Å². The monoisotopic (exact) mass is 324 g/mol. The van der Waals surface area contributed by atoms with Crippen molar-refractivity contribution in [1.82, 2.24) is 0 Å². The van der Waals surface area contributed by atoms with Gasteiger partial charge in [-0.05, 0) is 36.5 Å². The molecule has 3 unspecified atom stereocenters. The van der Waals surface area contributed by atoms with Crippen molar-refractivity contribution in [2.24, 2.45) is 0 Å².